The summed E-state index contributed by atoms with van der Waals surface area (Å²) in [5.41, 5.74) is 7.88. The van der Waals surface area contributed by atoms with E-state index in [-0.39, 0.29) is 11.5 Å². The van der Waals surface area contributed by atoms with Gasteiger partial charge in [0.15, 0.2) is 9.84 Å². The van der Waals surface area contributed by atoms with Gasteiger partial charge in [0.05, 0.1) is 28.1 Å². The van der Waals surface area contributed by atoms with Crippen molar-refractivity contribution in [3.05, 3.63) is 24.0 Å². The van der Waals surface area contributed by atoms with Crippen molar-refractivity contribution in [3.8, 4) is 0 Å². The summed E-state index contributed by atoms with van der Waals surface area (Å²) in [5, 5.41) is 0. The molecule has 0 radical (unpaired) electrons. The van der Waals surface area contributed by atoms with Crippen LogP contribution in [-0.4, -0.2) is 29.5 Å². The van der Waals surface area contributed by atoms with Crippen LogP contribution in [0.15, 0.2) is 18.2 Å². The summed E-state index contributed by atoms with van der Waals surface area (Å²) in [6, 6.07) is 5.62. The topological polar surface area (TPSA) is 78.0 Å². The molecular weight excluding hydrogens is 274 g/mol. The number of aryl methyl sites for hydroxylation is 1. The number of nitrogens with two attached hydrogens (primary N) is 1. The molecule has 0 saturated carbocycles. The number of benzene rings is 1. The Labute approximate surface area is 118 Å². The minimum Gasteiger partial charge on any atom is -0.399 e. The first-order valence-electron chi connectivity index (χ1n) is 6.82. The second-order valence-corrected chi connectivity index (χ2v) is 7.99. The fraction of sp³-hybridized carbons (Fsp3) is 0.500. The van der Waals surface area contributed by atoms with E-state index in [0.29, 0.717) is 12.1 Å². The summed E-state index contributed by atoms with van der Waals surface area (Å²) in [6.45, 7) is 4.04. The van der Waals surface area contributed by atoms with Gasteiger partial charge in [0, 0.05) is 12.1 Å². The van der Waals surface area contributed by atoms with Crippen molar-refractivity contribution >= 4 is 26.6 Å². The molecule has 0 aliphatic carbocycles. The molecule has 5 nitrogen and oxygen atoms in total. The molecule has 1 aromatic heterocycles. The fourth-order valence-corrected chi connectivity index (χ4v) is 5.27. The van der Waals surface area contributed by atoms with Crippen LogP contribution in [0.5, 0.6) is 0 Å². The van der Waals surface area contributed by atoms with Gasteiger partial charge in [0.2, 0.25) is 0 Å². The maximum Gasteiger partial charge on any atom is 0.152 e. The van der Waals surface area contributed by atoms with Crippen molar-refractivity contribution in [2.24, 2.45) is 0 Å². The molecule has 1 aliphatic heterocycles. The van der Waals surface area contributed by atoms with E-state index >= 15 is 0 Å². The lowest BCUT2D eigenvalue weighted by Crippen LogP contribution is -2.32. The molecule has 1 atom stereocenters. The number of nitrogen functional groups attached to an aromatic ring is 1. The maximum absolute atomic E-state index is 11.9. The third kappa shape index (κ3) is 1.98. The van der Waals surface area contributed by atoms with Crippen LogP contribution in [0.1, 0.15) is 26.1 Å². The first-order valence-corrected chi connectivity index (χ1v) is 8.64. The second-order valence-electron chi connectivity index (χ2n) is 5.80. The van der Waals surface area contributed by atoms with Crippen molar-refractivity contribution in [2.45, 2.75) is 32.2 Å². The highest BCUT2D eigenvalue weighted by molar-refractivity contribution is 7.91. The van der Waals surface area contributed by atoms with Gasteiger partial charge in [-0.3, -0.25) is 0 Å². The Morgan fingerprint density at radius 2 is 2.20 bits per heavy atom. The highest BCUT2D eigenvalue weighted by atomic mass is 32.2. The number of anilines is 1. The number of fused-ring (bicyclic) bond motifs is 1. The molecule has 0 spiro atoms. The molecule has 0 bridgehead atoms. The smallest absolute Gasteiger partial charge is 0.152 e. The highest BCUT2D eigenvalue weighted by Crippen LogP contribution is 2.35. The van der Waals surface area contributed by atoms with E-state index in [9.17, 15) is 8.42 Å². The Morgan fingerprint density at radius 1 is 1.45 bits per heavy atom. The summed E-state index contributed by atoms with van der Waals surface area (Å²) >= 11 is 0. The third-order valence-corrected chi connectivity index (χ3v) is 5.97. The Bertz CT molecular complexity index is 779. The van der Waals surface area contributed by atoms with Crippen molar-refractivity contribution in [3.63, 3.8) is 0 Å². The molecule has 2 heterocycles. The largest absolute Gasteiger partial charge is 0.399 e. The van der Waals surface area contributed by atoms with Crippen molar-refractivity contribution < 1.29 is 8.42 Å². The number of nitrogens with zero attached hydrogens (tertiary/aromatic N) is 2. The first-order chi connectivity index (χ1) is 9.35. The summed E-state index contributed by atoms with van der Waals surface area (Å²) in [6.07, 6.45) is 1.41. The second kappa shape index (κ2) is 4.22. The van der Waals surface area contributed by atoms with Gasteiger partial charge < -0.3 is 10.3 Å². The van der Waals surface area contributed by atoms with Crippen LogP contribution in [0, 0.1) is 0 Å². The number of hydrogen-bond donors (Lipinski definition) is 1. The maximum atomic E-state index is 11.9. The third-order valence-electron chi connectivity index (χ3n) is 4.09. The van der Waals surface area contributed by atoms with E-state index < -0.39 is 15.4 Å². The van der Waals surface area contributed by atoms with Crippen LogP contribution >= 0.6 is 0 Å². The van der Waals surface area contributed by atoms with E-state index in [1.165, 1.54) is 0 Å². The minimum atomic E-state index is -2.96. The number of aromatic nitrogens is 2. The Morgan fingerprint density at radius 3 is 2.80 bits per heavy atom. The molecule has 1 fully saturated rings. The van der Waals surface area contributed by atoms with Gasteiger partial charge in [-0.1, -0.05) is 6.92 Å². The molecule has 108 valence electrons. The predicted octanol–water partition coefficient (Wildman–Crippen LogP) is 1.71. The van der Waals surface area contributed by atoms with Gasteiger partial charge in [-0.15, -0.1) is 0 Å². The molecule has 20 heavy (non-hydrogen) atoms. The van der Waals surface area contributed by atoms with Gasteiger partial charge in [-0.2, -0.15) is 0 Å². The number of rotatable bonds is 2. The molecule has 3 rings (SSSR count). The van der Waals surface area contributed by atoms with Crippen LogP contribution in [-0.2, 0) is 21.8 Å². The van der Waals surface area contributed by atoms with E-state index in [1.54, 1.807) is 0 Å². The molecular formula is C14H19N3O2S. The molecule has 1 aromatic carbocycles. The van der Waals surface area contributed by atoms with Crippen molar-refractivity contribution in [1.82, 2.24) is 9.55 Å². The number of hydrogen-bond acceptors (Lipinski definition) is 4. The van der Waals surface area contributed by atoms with Gasteiger partial charge in [0.1, 0.15) is 5.82 Å². The Balaban J connectivity index is 2.25. The Hall–Kier alpha value is -1.56. The zero-order chi connectivity index (χ0) is 14.5. The van der Waals surface area contributed by atoms with Crippen LogP contribution < -0.4 is 5.73 Å². The lowest BCUT2D eigenvalue weighted by Gasteiger charge is -2.27. The normalized spacial score (nSPS) is 25.3. The monoisotopic (exact) mass is 293 g/mol. The summed E-state index contributed by atoms with van der Waals surface area (Å²) < 4.78 is 25.9. The average molecular weight is 293 g/mol. The Kier molecular flexibility index (Phi) is 2.83. The molecule has 0 amide bonds. The fourth-order valence-electron chi connectivity index (χ4n) is 3.16. The summed E-state index contributed by atoms with van der Waals surface area (Å²) in [5.74, 6) is 1.36. The van der Waals surface area contributed by atoms with Gasteiger partial charge in [-0.25, -0.2) is 13.4 Å². The van der Waals surface area contributed by atoms with Crippen LogP contribution in [0.25, 0.3) is 11.0 Å². The van der Waals surface area contributed by atoms with Gasteiger partial charge in [-0.05, 0) is 31.5 Å². The molecule has 1 unspecified atom stereocenters. The highest BCUT2D eigenvalue weighted by Gasteiger charge is 2.41. The van der Waals surface area contributed by atoms with E-state index in [2.05, 4.69) is 9.55 Å². The van der Waals surface area contributed by atoms with Gasteiger partial charge in [0.25, 0.3) is 0 Å². The molecule has 1 saturated heterocycles. The van der Waals surface area contributed by atoms with Crippen LogP contribution in [0.3, 0.4) is 0 Å². The van der Waals surface area contributed by atoms with E-state index in [0.717, 1.165) is 23.3 Å². The lowest BCUT2D eigenvalue weighted by atomic mass is 10.0. The van der Waals surface area contributed by atoms with Crippen LogP contribution in [0.2, 0.25) is 0 Å². The van der Waals surface area contributed by atoms with Gasteiger partial charge >= 0.3 is 0 Å². The van der Waals surface area contributed by atoms with Crippen molar-refractivity contribution in [2.75, 3.05) is 17.2 Å². The quantitative estimate of drug-likeness (QED) is 0.855. The SMILES string of the molecule is CCc1nc2cc(N)ccc2n1C1(C)CCS(=O)(=O)C1. The number of imidazole rings is 1. The first kappa shape index (κ1) is 13.4. The molecule has 6 heteroatoms. The standard InChI is InChI=1S/C14H19N3O2S/c1-3-13-16-11-8-10(15)4-5-12(11)17(13)14(2)6-7-20(18,19)9-14/h4-5,8H,3,6-7,9,15H2,1-2H3. The zero-order valence-electron chi connectivity index (χ0n) is 11.8. The average Bonchev–Trinajstić information content (AvgIpc) is 2.86. The molecule has 2 N–H and O–H groups in total. The summed E-state index contributed by atoms with van der Waals surface area (Å²) in [7, 11) is -2.96. The predicted molar refractivity (Wildman–Crippen MR) is 80.4 cm³/mol. The van der Waals surface area contributed by atoms with Crippen LogP contribution in [0.4, 0.5) is 5.69 Å². The lowest BCUT2D eigenvalue weighted by molar-refractivity contribution is 0.364. The zero-order valence-corrected chi connectivity index (χ0v) is 12.6. The van der Waals surface area contributed by atoms with E-state index in [4.69, 9.17) is 5.73 Å². The minimum absolute atomic E-state index is 0.183. The molecule has 2 aromatic rings. The number of sulfone groups is 1. The van der Waals surface area contributed by atoms with Crippen molar-refractivity contribution in [1.29, 1.82) is 0 Å². The van der Waals surface area contributed by atoms with E-state index in [1.807, 2.05) is 32.0 Å². The summed E-state index contributed by atoms with van der Waals surface area (Å²) in [4.78, 5) is 4.62. The molecule has 1 aliphatic rings.